The molecule has 1 fully saturated rings. The van der Waals surface area contributed by atoms with Crippen molar-refractivity contribution in [3.8, 4) is 16.2 Å². The summed E-state index contributed by atoms with van der Waals surface area (Å²) in [5.41, 5.74) is 12.4. The number of aromatic hydroxyl groups is 1. The highest BCUT2D eigenvalue weighted by Gasteiger charge is 2.46. The molecule has 0 bridgehead atoms. The lowest BCUT2D eigenvalue weighted by Gasteiger charge is -2.35. The number of Topliss-reactive ketones (excluding diaryl/α,β-unsaturated/α-hetero) is 1. The zero-order valence-electron chi connectivity index (χ0n) is 36.3. The van der Waals surface area contributed by atoms with Gasteiger partial charge in [0.05, 0.1) is 28.2 Å². The van der Waals surface area contributed by atoms with Gasteiger partial charge in [-0.15, -0.1) is 11.3 Å². The number of phenols is 1. The maximum Gasteiger partial charge on any atom is 0.255 e. The first-order valence-electron chi connectivity index (χ1n) is 21.2. The number of aliphatic hydroxyl groups is 2. The van der Waals surface area contributed by atoms with E-state index in [-0.39, 0.29) is 54.7 Å². The number of β-amino-alcohol motifs (C(OH)–C–C–N with tert-alkyl or cyclic N) is 1. The summed E-state index contributed by atoms with van der Waals surface area (Å²) in [6, 6.07) is 19.1. The number of thiazole rings is 1. The molecular weight excluding hydrogens is 809 g/mol. The third-order valence-corrected chi connectivity index (χ3v) is 12.2. The normalized spacial score (nSPS) is 17.8. The number of nitrogens with one attached hydrogen (secondary N) is 2. The van der Waals surface area contributed by atoms with Crippen molar-refractivity contribution in [2.75, 3.05) is 6.54 Å². The first-order valence-corrected chi connectivity index (χ1v) is 22.1. The van der Waals surface area contributed by atoms with Crippen molar-refractivity contribution in [2.24, 2.45) is 17.6 Å². The number of carbonyl (C=O) groups excluding carboxylic acids is 5. The number of aryl methyl sites for hydroxylation is 1. The van der Waals surface area contributed by atoms with Gasteiger partial charge in [-0.1, -0.05) is 95.3 Å². The van der Waals surface area contributed by atoms with E-state index < -0.39 is 48.2 Å². The van der Waals surface area contributed by atoms with Crippen molar-refractivity contribution in [2.45, 2.75) is 117 Å². The summed E-state index contributed by atoms with van der Waals surface area (Å²) in [6.07, 6.45) is -0.782. The molecule has 3 heterocycles. The zero-order valence-corrected chi connectivity index (χ0v) is 37.1. The van der Waals surface area contributed by atoms with Crippen LogP contribution in [-0.2, 0) is 38.7 Å². The Kier molecular flexibility index (Phi) is 16.5. The molecule has 6 rings (SSSR count). The lowest BCUT2D eigenvalue weighted by atomic mass is 9.97. The van der Waals surface area contributed by atoms with Gasteiger partial charge in [0.15, 0.2) is 5.78 Å². The molecule has 332 valence electrons. The second-order valence-corrected chi connectivity index (χ2v) is 17.7. The van der Waals surface area contributed by atoms with E-state index in [9.17, 15) is 39.3 Å². The topological polar surface area (TPSA) is 215 Å². The van der Waals surface area contributed by atoms with Crippen LogP contribution in [0.3, 0.4) is 0 Å². The number of carbonyl (C=O) groups is 5. The molecule has 3 aromatic carbocycles. The van der Waals surface area contributed by atoms with Crippen molar-refractivity contribution in [1.82, 2.24) is 25.4 Å². The second-order valence-electron chi connectivity index (χ2n) is 16.8. The minimum Gasteiger partial charge on any atom is -0.508 e. The lowest BCUT2D eigenvalue weighted by Crippen LogP contribution is -2.55. The number of amides is 4. The van der Waals surface area contributed by atoms with Crippen LogP contribution in [0.2, 0.25) is 0 Å². The highest BCUT2D eigenvalue weighted by molar-refractivity contribution is 7.13. The molecule has 0 radical (unpaired) electrons. The number of aliphatic hydroxyl groups excluding tert-OH is 2. The Bertz CT molecular complexity index is 2200. The molecule has 6 unspecified atom stereocenters. The van der Waals surface area contributed by atoms with E-state index in [1.54, 1.807) is 41.6 Å². The van der Waals surface area contributed by atoms with Crippen LogP contribution >= 0.6 is 11.3 Å². The number of hydrogen-bond acceptors (Lipinski definition) is 11. The van der Waals surface area contributed by atoms with Crippen LogP contribution in [0.4, 0.5) is 0 Å². The zero-order chi connectivity index (χ0) is 45.2. The standard InChI is InChI=1S/C29H32N4O5S.C18H28N2O3/c1-16(2)25(33-13-20-6-4-5-7-22(20)28(33)37)29(38)32-14-21(34)11-23(32)27(36)30-12-19-9-8-18(10-24(19)35)26-17(3)31-15-39-26;1-4-16(21)15(10-12(2)3)20-18(23)17(22)14(19)11-13-8-6-5-7-9-13/h4-10,15-16,21,23,25,34-35H,11-14H2,1-3H3,(H,30,36);5-9,12,14-15,17,22H,4,10-11,19H2,1-3H3,(H,20,23). The lowest BCUT2D eigenvalue weighted by molar-refractivity contribution is -0.143. The van der Waals surface area contributed by atoms with E-state index in [1.165, 1.54) is 16.2 Å². The van der Waals surface area contributed by atoms with Crippen LogP contribution in [0.15, 0.2) is 78.3 Å². The van der Waals surface area contributed by atoms with Crippen molar-refractivity contribution in [3.63, 3.8) is 0 Å². The summed E-state index contributed by atoms with van der Waals surface area (Å²) < 4.78 is 0. The fourth-order valence-electron chi connectivity index (χ4n) is 7.93. The summed E-state index contributed by atoms with van der Waals surface area (Å²) in [5, 5.41) is 36.6. The van der Waals surface area contributed by atoms with Gasteiger partial charge in [0.1, 0.15) is 23.9 Å². The fourth-order valence-corrected chi connectivity index (χ4v) is 8.73. The predicted octanol–water partition coefficient (Wildman–Crippen LogP) is 4.51. The third kappa shape index (κ3) is 11.7. The molecule has 4 aromatic rings. The molecule has 6 atom stereocenters. The van der Waals surface area contributed by atoms with Crippen LogP contribution in [-0.4, -0.2) is 102 Å². The van der Waals surface area contributed by atoms with Gasteiger partial charge in [-0.2, -0.15) is 0 Å². The molecule has 14 nitrogen and oxygen atoms in total. The Morgan fingerprint density at radius 1 is 1.00 bits per heavy atom. The van der Waals surface area contributed by atoms with Gasteiger partial charge in [0, 0.05) is 49.6 Å². The van der Waals surface area contributed by atoms with Gasteiger partial charge < -0.3 is 41.5 Å². The number of hydrogen-bond donors (Lipinski definition) is 6. The molecule has 1 aromatic heterocycles. The summed E-state index contributed by atoms with van der Waals surface area (Å²) in [4.78, 5) is 72.6. The molecule has 0 spiro atoms. The molecule has 62 heavy (non-hydrogen) atoms. The third-order valence-electron chi connectivity index (χ3n) is 11.2. The Balaban J connectivity index is 0.000000271. The largest absolute Gasteiger partial charge is 0.508 e. The molecule has 2 aliphatic rings. The number of rotatable bonds is 16. The van der Waals surface area contributed by atoms with Gasteiger partial charge >= 0.3 is 0 Å². The summed E-state index contributed by atoms with van der Waals surface area (Å²) in [5.74, 6) is -1.47. The summed E-state index contributed by atoms with van der Waals surface area (Å²) >= 11 is 1.49. The minimum absolute atomic E-state index is 0.0171. The van der Waals surface area contributed by atoms with E-state index in [4.69, 9.17) is 5.73 Å². The maximum atomic E-state index is 13.8. The molecular formula is C47H60N6O8S. The second kappa shape index (κ2) is 21.5. The Hall–Kier alpha value is -5.48. The van der Waals surface area contributed by atoms with Crippen LogP contribution in [0, 0.1) is 18.8 Å². The van der Waals surface area contributed by atoms with Crippen molar-refractivity contribution >= 4 is 40.7 Å². The van der Waals surface area contributed by atoms with Crippen LogP contribution in [0.1, 0.15) is 86.6 Å². The Morgan fingerprint density at radius 2 is 1.69 bits per heavy atom. The quantitative estimate of drug-likeness (QED) is 0.0927. The highest BCUT2D eigenvalue weighted by atomic mass is 32.1. The monoisotopic (exact) mass is 868 g/mol. The van der Waals surface area contributed by atoms with Crippen LogP contribution in [0.25, 0.3) is 10.4 Å². The molecule has 1 saturated heterocycles. The predicted molar refractivity (Wildman–Crippen MR) is 238 cm³/mol. The average molecular weight is 869 g/mol. The first kappa shape index (κ1) is 47.6. The van der Waals surface area contributed by atoms with Crippen LogP contribution in [0.5, 0.6) is 5.75 Å². The molecule has 2 aliphatic heterocycles. The number of nitrogens with zero attached hydrogens (tertiary/aromatic N) is 3. The highest BCUT2D eigenvalue weighted by Crippen LogP contribution is 2.32. The van der Waals surface area contributed by atoms with Gasteiger partial charge in [-0.25, -0.2) is 4.98 Å². The molecule has 0 saturated carbocycles. The maximum absolute atomic E-state index is 13.8. The van der Waals surface area contributed by atoms with Crippen molar-refractivity contribution in [3.05, 3.63) is 106 Å². The SMILES string of the molecule is CCC(=O)C(CC(C)C)NC(=O)C(O)C(N)Cc1ccccc1.Cc1ncsc1-c1ccc(CNC(=O)C2CC(O)CN2C(=O)C(C(C)C)N2Cc3ccccc3C2=O)c(O)c1. The number of nitrogens with two attached hydrogens (primary N) is 1. The summed E-state index contributed by atoms with van der Waals surface area (Å²) in [6.45, 7) is 11.8. The number of aromatic nitrogens is 1. The van der Waals surface area contributed by atoms with E-state index in [2.05, 4.69) is 15.6 Å². The van der Waals surface area contributed by atoms with E-state index in [1.807, 2.05) is 83.1 Å². The average Bonchev–Trinajstić information content (AvgIpc) is 3.95. The van der Waals surface area contributed by atoms with Gasteiger partial charge in [0.2, 0.25) is 11.8 Å². The van der Waals surface area contributed by atoms with Crippen molar-refractivity contribution < 1.29 is 39.3 Å². The summed E-state index contributed by atoms with van der Waals surface area (Å²) in [7, 11) is 0. The minimum atomic E-state index is -1.34. The number of likely N-dealkylation sites (tertiary alicyclic amines) is 1. The fraction of sp³-hybridized carbons (Fsp3) is 0.447. The number of ketones is 1. The smallest absolute Gasteiger partial charge is 0.255 e. The molecule has 0 aliphatic carbocycles. The van der Waals surface area contributed by atoms with Crippen molar-refractivity contribution in [1.29, 1.82) is 0 Å². The van der Waals surface area contributed by atoms with Crippen LogP contribution < -0.4 is 16.4 Å². The van der Waals surface area contributed by atoms with Gasteiger partial charge in [0.25, 0.3) is 11.8 Å². The van der Waals surface area contributed by atoms with Gasteiger partial charge in [-0.3, -0.25) is 24.0 Å². The molecule has 7 N–H and O–H groups in total. The molecule has 15 heteroatoms. The number of phenolic OH excluding ortho intramolecular Hbond substituents is 1. The van der Waals surface area contributed by atoms with E-state index in [0.717, 1.165) is 27.3 Å². The Labute approximate surface area is 367 Å². The number of benzene rings is 3. The Morgan fingerprint density at radius 3 is 2.31 bits per heavy atom. The van der Waals surface area contributed by atoms with E-state index >= 15 is 0 Å². The van der Waals surface area contributed by atoms with Gasteiger partial charge in [-0.05, 0) is 60.4 Å². The molecule has 4 amide bonds. The van der Waals surface area contributed by atoms with E-state index in [0.29, 0.717) is 36.9 Å². The first-order chi connectivity index (χ1) is 29.5. The number of fused-ring (bicyclic) bond motifs is 1.